The topological polar surface area (TPSA) is 111 Å². The second-order valence-electron chi connectivity index (χ2n) is 7.44. The van der Waals surface area contributed by atoms with Crippen molar-refractivity contribution in [2.75, 3.05) is 18.5 Å². The number of alkyl halides is 3. The van der Waals surface area contributed by atoms with Crippen molar-refractivity contribution >= 4 is 34.2 Å². The highest BCUT2D eigenvalue weighted by Gasteiger charge is 2.30. The molecule has 0 bridgehead atoms. The van der Waals surface area contributed by atoms with E-state index >= 15 is 0 Å². The molecule has 2 aromatic heterocycles. The summed E-state index contributed by atoms with van der Waals surface area (Å²) in [7, 11) is 0. The SMILES string of the molecule is O=C(Nc1ccc(OC(F)(F)Cl)cc1)c1cc(-c2cccnn2)c2c(c1)nc1n2[C@H](CO)CO1. The minimum Gasteiger partial charge on any atom is -0.462 e. The molecule has 1 aliphatic rings. The number of halogens is 3. The van der Waals surface area contributed by atoms with Crippen LogP contribution >= 0.6 is 11.6 Å². The van der Waals surface area contributed by atoms with Crippen molar-refractivity contribution < 1.29 is 28.2 Å². The maximum atomic E-state index is 13.0. The zero-order chi connectivity index (χ0) is 23.9. The number of hydrogen-bond acceptors (Lipinski definition) is 7. The van der Waals surface area contributed by atoms with Gasteiger partial charge in [0.25, 0.3) is 11.9 Å². The van der Waals surface area contributed by atoms with Gasteiger partial charge in [-0.15, -0.1) is 8.78 Å². The van der Waals surface area contributed by atoms with E-state index in [-0.39, 0.29) is 30.6 Å². The first kappa shape index (κ1) is 22.0. The molecule has 1 atom stereocenters. The van der Waals surface area contributed by atoms with Gasteiger partial charge < -0.3 is 19.9 Å². The highest BCUT2D eigenvalue weighted by Crippen LogP contribution is 2.37. The summed E-state index contributed by atoms with van der Waals surface area (Å²) >= 11 is 4.77. The number of carbonyl (C=O) groups excluding carboxylic acids is 1. The van der Waals surface area contributed by atoms with Crippen molar-refractivity contribution in [2.24, 2.45) is 0 Å². The third-order valence-corrected chi connectivity index (χ3v) is 5.27. The molecule has 1 aliphatic heterocycles. The number of aliphatic hydroxyl groups is 1. The second kappa shape index (κ2) is 8.50. The first-order chi connectivity index (χ1) is 16.3. The van der Waals surface area contributed by atoms with Crippen molar-refractivity contribution in [3.63, 3.8) is 0 Å². The molecule has 9 nitrogen and oxygen atoms in total. The number of amides is 1. The van der Waals surface area contributed by atoms with Crippen LogP contribution in [0.5, 0.6) is 11.8 Å². The molecule has 12 heteroatoms. The van der Waals surface area contributed by atoms with E-state index in [9.17, 15) is 18.7 Å². The molecule has 2 N–H and O–H groups in total. The molecule has 34 heavy (non-hydrogen) atoms. The number of benzene rings is 2. The number of fused-ring (bicyclic) bond motifs is 3. The Morgan fingerprint density at radius 1 is 1.29 bits per heavy atom. The Bertz CT molecular complexity index is 1360. The van der Waals surface area contributed by atoms with E-state index in [1.807, 2.05) is 0 Å². The highest BCUT2D eigenvalue weighted by atomic mass is 35.5. The van der Waals surface area contributed by atoms with E-state index in [0.29, 0.717) is 34.0 Å². The minimum absolute atomic E-state index is 0.143. The van der Waals surface area contributed by atoms with Crippen LogP contribution in [0.25, 0.3) is 22.3 Å². The van der Waals surface area contributed by atoms with Crippen LogP contribution in [0.15, 0.2) is 54.7 Å². The maximum absolute atomic E-state index is 13.0. The number of carbonyl (C=O) groups is 1. The van der Waals surface area contributed by atoms with Gasteiger partial charge in [-0.25, -0.2) is 0 Å². The molecule has 0 radical (unpaired) electrons. The number of hydrogen-bond donors (Lipinski definition) is 2. The summed E-state index contributed by atoms with van der Waals surface area (Å²) in [6.07, 6.45) is 1.53. The van der Waals surface area contributed by atoms with E-state index < -0.39 is 11.5 Å². The largest absolute Gasteiger partial charge is 0.487 e. The Morgan fingerprint density at radius 2 is 2.09 bits per heavy atom. The van der Waals surface area contributed by atoms with Crippen LogP contribution in [0.2, 0.25) is 0 Å². The third-order valence-electron chi connectivity index (χ3n) is 5.19. The Kier molecular flexibility index (Phi) is 5.50. The molecule has 0 saturated carbocycles. The standard InChI is InChI=1S/C22H16ClF2N5O4/c23-22(24,25)34-15-5-3-13(4-6-15)27-20(32)12-8-16(17-2-1-7-26-29-17)19-18(9-12)28-21-30(19)14(10-31)11-33-21/h1-9,14,31H,10-11H2,(H,27,32)/t14-/m1/s1. The molecular weight excluding hydrogens is 472 g/mol. The number of nitrogens with zero attached hydrogens (tertiary/aromatic N) is 4. The summed E-state index contributed by atoms with van der Waals surface area (Å²) in [5.41, 5.74) is -0.962. The van der Waals surface area contributed by atoms with Crippen LogP contribution in [-0.2, 0) is 0 Å². The van der Waals surface area contributed by atoms with Crippen LogP contribution in [0.3, 0.4) is 0 Å². The van der Waals surface area contributed by atoms with Crippen molar-refractivity contribution in [2.45, 2.75) is 11.6 Å². The zero-order valence-electron chi connectivity index (χ0n) is 17.3. The molecule has 4 aromatic rings. The number of nitrogens with one attached hydrogen (secondary N) is 1. The average Bonchev–Trinajstić information content (AvgIpc) is 3.38. The smallest absolute Gasteiger partial charge is 0.462 e. The van der Waals surface area contributed by atoms with Gasteiger partial charge in [-0.1, -0.05) is 0 Å². The van der Waals surface area contributed by atoms with Gasteiger partial charge in [0.15, 0.2) is 0 Å². The molecule has 5 rings (SSSR count). The van der Waals surface area contributed by atoms with Gasteiger partial charge in [-0.2, -0.15) is 15.2 Å². The van der Waals surface area contributed by atoms with Gasteiger partial charge >= 0.3 is 5.57 Å². The predicted octanol–water partition coefficient (Wildman–Crippen LogP) is 3.84. The van der Waals surface area contributed by atoms with Gasteiger partial charge in [0, 0.05) is 34.6 Å². The number of aromatic nitrogens is 4. The van der Waals surface area contributed by atoms with Gasteiger partial charge in [-0.3, -0.25) is 9.36 Å². The Hall–Kier alpha value is -3.83. The van der Waals surface area contributed by atoms with Crippen LogP contribution in [0.1, 0.15) is 16.4 Å². The van der Waals surface area contributed by atoms with Gasteiger partial charge in [0.05, 0.1) is 29.4 Å². The Balaban J connectivity index is 1.51. The molecule has 0 fully saturated rings. The molecular formula is C22H16ClF2N5O4. The van der Waals surface area contributed by atoms with E-state index in [2.05, 4.69) is 25.2 Å². The van der Waals surface area contributed by atoms with Crippen molar-refractivity contribution in [1.82, 2.24) is 19.7 Å². The summed E-state index contributed by atoms with van der Waals surface area (Å²) < 4.78 is 37.2. The number of anilines is 1. The minimum atomic E-state index is -3.83. The molecule has 0 saturated heterocycles. The fourth-order valence-corrected chi connectivity index (χ4v) is 3.83. The molecule has 0 aliphatic carbocycles. The fraction of sp³-hybridized carbons (Fsp3) is 0.182. The molecule has 1 amide bonds. The Morgan fingerprint density at radius 3 is 2.76 bits per heavy atom. The quantitative estimate of drug-likeness (QED) is 0.397. The summed E-state index contributed by atoms with van der Waals surface area (Å²) in [5, 5.41) is 20.6. The van der Waals surface area contributed by atoms with Crippen molar-refractivity contribution in [3.05, 3.63) is 60.3 Å². The van der Waals surface area contributed by atoms with Crippen LogP contribution in [-0.4, -0.2) is 49.5 Å². The van der Waals surface area contributed by atoms with Crippen molar-refractivity contribution in [3.8, 4) is 23.0 Å². The molecule has 0 spiro atoms. The zero-order valence-corrected chi connectivity index (χ0v) is 18.0. The highest BCUT2D eigenvalue weighted by molar-refractivity contribution is 6.20. The predicted molar refractivity (Wildman–Crippen MR) is 118 cm³/mol. The normalized spacial score (nSPS) is 15.1. The lowest BCUT2D eigenvalue weighted by atomic mass is 10.0. The first-order valence-corrected chi connectivity index (χ1v) is 10.4. The van der Waals surface area contributed by atoms with Crippen LogP contribution in [0, 0.1) is 0 Å². The van der Waals surface area contributed by atoms with Crippen LogP contribution in [0.4, 0.5) is 14.5 Å². The first-order valence-electron chi connectivity index (χ1n) is 10.1. The second-order valence-corrected chi connectivity index (χ2v) is 7.88. The maximum Gasteiger partial charge on any atom is 0.487 e. The Labute approximate surface area is 195 Å². The van der Waals surface area contributed by atoms with Gasteiger partial charge in [-0.05, 0) is 48.5 Å². The monoisotopic (exact) mass is 487 g/mol. The summed E-state index contributed by atoms with van der Waals surface area (Å²) in [6.45, 7) is 0.141. The van der Waals surface area contributed by atoms with E-state index in [4.69, 9.17) is 16.3 Å². The van der Waals surface area contributed by atoms with Gasteiger partial charge in [0.1, 0.15) is 12.4 Å². The number of ether oxygens (including phenoxy) is 2. The average molecular weight is 488 g/mol. The van der Waals surface area contributed by atoms with E-state index in [0.717, 1.165) is 0 Å². The van der Waals surface area contributed by atoms with E-state index in [1.165, 1.54) is 30.5 Å². The van der Waals surface area contributed by atoms with Crippen molar-refractivity contribution in [1.29, 1.82) is 0 Å². The third kappa shape index (κ3) is 4.22. The summed E-state index contributed by atoms with van der Waals surface area (Å²) in [4.78, 5) is 17.5. The number of aliphatic hydroxyl groups excluding tert-OH is 1. The molecule has 174 valence electrons. The lowest BCUT2D eigenvalue weighted by molar-refractivity contribution is -0.0964. The lowest BCUT2D eigenvalue weighted by Gasteiger charge is -2.13. The van der Waals surface area contributed by atoms with Gasteiger partial charge in [0.2, 0.25) is 0 Å². The fourth-order valence-electron chi connectivity index (χ4n) is 3.75. The lowest BCUT2D eigenvalue weighted by Crippen LogP contribution is -2.16. The molecule has 2 aromatic carbocycles. The summed E-state index contributed by atoms with van der Waals surface area (Å²) in [6, 6.07) is 12.0. The molecule has 3 heterocycles. The number of rotatable bonds is 6. The van der Waals surface area contributed by atoms with E-state index in [1.54, 1.807) is 28.8 Å². The van der Waals surface area contributed by atoms with Crippen LogP contribution < -0.4 is 14.8 Å². The number of imidazole rings is 1. The summed E-state index contributed by atoms with van der Waals surface area (Å²) in [5.74, 6) is -0.619. The molecule has 0 unspecified atom stereocenters.